The summed E-state index contributed by atoms with van der Waals surface area (Å²) in [5.74, 6) is 0.0754. The highest BCUT2D eigenvalue weighted by Gasteiger charge is 2.11. The van der Waals surface area contributed by atoms with E-state index < -0.39 is 0 Å². The van der Waals surface area contributed by atoms with Crippen molar-refractivity contribution in [3.8, 4) is 0 Å². The van der Waals surface area contributed by atoms with Crippen LogP contribution in [0.4, 0.5) is 4.39 Å². The zero-order valence-electron chi connectivity index (χ0n) is 9.13. The molecule has 15 heavy (non-hydrogen) atoms. The average Bonchev–Trinajstić information content (AvgIpc) is 2.11. The molecule has 0 spiro atoms. The SMILES string of the molecule is CC(N)CC(C)Cc1cccc(F)c1Cl. The van der Waals surface area contributed by atoms with Crippen LogP contribution in [0.5, 0.6) is 0 Å². The van der Waals surface area contributed by atoms with Crippen molar-refractivity contribution in [2.75, 3.05) is 0 Å². The summed E-state index contributed by atoms with van der Waals surface area (Å²) in [4.78, 5) is 0. The second-order valence-corrected chi connectivity index (χ2v) is 4.61. The fraction of sp³-hybridized carbons (Fsp3) is 0.500. The molecule has 1 nitrogen and oxygen atoms in total. The first kappa shape index (κ1) is 12.5. The van der Waals surface area contributed by atoms with Crippen LogP contribution in [-0.2, 0) is 6.42 Å². The van der Waals surface area contributed by atoms with Crippen LogP contribution in [0.3, 0.4) is 0 Å². The van der Waals surface area contributed by atoms with Gasteiger partial charge in [0.1, 0.15) is 5.82 Å². The lowest BCUT2D eigenvalue weighted by molar-refractivity contribution is 0.479. The lowest BCUT2D eigenvalue weighted by atomic mass is 9.95. The average molecular weight is 230 g/mol. The Kier molecular flexibility index (Phi) is 4.55. The van der Waals surface area contributed by atoms with Crippen molar-refractivity contribution in [3.05, 3.63) is 34.6 Å². The van der Waals surface area contributed by atoms with Crippen LogP contribution in [0.25, 0.3) is 0 Å². The fourth-order valence-electron chi connectivity index (χ4n) is 1.80. The van der Waals surface area contributed by atoms with Gasteiger partial charge in [-0.1, -0.05) is 30.7 Å². The highest BCUT2D eigenvalue weighted by molar-refractivity contribution is 6.31. The molecule has 1 aromatic carbocycles. The third-order valence-electron chi connectivity index (χ3n) is 2.37. The largest absolute Gasteiger partial charge is 0.328 e. The molecular formula is C12H17ClFN. The fourth-order valence-corrected chi connectivity index (χ4v) is 2.00. The van der Waals surface area contributed by atoms with E-state index in [1.165, 1.54) is 6.07 Å². The predicted octanol–water partition coefficient (Wildman–Crippen LogP) is 3.40. The molecule has 2 N–H and O–H groups in total. The van der Waals surface area contributed by atoms with Crippen LogP contribution in [0, 0.1) is 11.7 Å². The van der Waals surface area contributed by atoms with Gasteiger partial charge in [0.25, 0.3) is 0 Å². The van der Waals surface area contributed by atoms with Crippen molar-refractivity contribution in [2.24, 2.45) is 11.7 Å². The van der Waals surface area contributed by atoms with Gasteiger partial charge >= 0.3 is 0 Å². The summed E-state index contributed by atoms with van der Waals surface area (Å²) in [6.45, 7) is 4.08. The number of nitrogens with two attached hydrogens (primary N) is 1. The number of rotatable bonds is 4. The molecule has 2 unspecified atom stereocenters. The van der Waals surface area contributed by atoms with Crippen LogP contribution in [-0.4, -0.2) is 6.04 Å². The predicted molar refractivity (Wildman–Crippen MR) is 62.5 cm³/mol. The lowest BCUT2D eigenvalue weighted by Gasteiger charge is -2.14. The number of benzene rings is 1. The number of hydrogen-bond acceptors (Lipinski definition) is 1. The minimum Gasteiger partial charge on any atom is -0.328 e. The highest BCUT2D eigenvalue weighted by atomic mass is 35.5. The van der Waals surface area contributed by atoms with Crippen LogP contribution in [0.1, 0.15) is 25.8 Å². The molecule has 0 fully saturated rings. The van der Waals surface area contributed by atoms with E-state index in [0.717, 1.165) is 18.4 Å². The quantitative estimate of drug-likeness (QED) is 0.842. The highest BCUT2D eigenvalue weighted by Crippen LogP contribution is 2.23. The zero-order valence-corrected chi connectivity index (χ0v) is 9.89. The normalized spacial score (nSPS) is 15.0. The Morgan fingerprint density at radius 1 is 1.40 bits per heavy atom. The van der Waals surface area contributed by atoms with Crippen LogP contribution < -0.4 is 5.73 Å². The van der Waals surface area contributed by atoms with E-state index in [1.54, 1.807) is 6.07 Å². The van der Waals surface area contributed by atoms with Crippen LogP contribution in [0.15, 0.2) is 18.2 Å². The third kappa shape index (κ3) is 3.80. The molecule has 3 heteroatoms. The minimum absolute atomic E-state index is 0.173. The van der Waals surface area contributed by atoms with Gasteiger partial charge in [0, 0.05) is 6.04 Å². The molecule has 2 atom stereocenters. The molecular weight excluding hydrogens is 213 g/mol. The molecule has 0 aliphatic heterocycles. The van der Waals surface area contributed by atoms with Crippen molar-refractivity contribution < 1.29 is 4.39 Å². The molecule has 1 aromatic rings. The van der Waals surface area contributed by atoms with Crippen LogP contribution in [0.2, 0.25) is 5.02 Å². The summed E-state index contributed by atoms with van der Waals surface area (Å²) in [5.41, 5.74) is 6.57. The first-order valence-electron chi connectivity index (χ1n) is 5.19. The molecule has 0 aromatic heterocycles. The van der Waals surface area contributed by atoms with Gasteiger partial charge in [0.05, 0.1) is 5.02 Å². The van der Waals surface area contributed by atoms with E-state index in [4.69, 9.17) is 17.3 Å². The van der Waals surface area contributed by atoms with Crippen LogP contribution >= 0.6 is 11.6 Å². The topological polar surface area (TPSA) is 26.0 Å². The molecule has 0 heterocycles. The lowest BCUT2D eigenvalue weighted by Crippen LogP contribution is -2.19. The molecule has 0 saturated heterocycles. The maximum Gasteiger partial charge on any atom is 0.142 e. The molecule has 0 aliphatic carbocycles. The number of halogens is 2. The summed E-state index contributed by atoms with van der Waals surface area (Å²) in [6.07, 6.45) is 1.70. The Labute approximate surface area is 95.4 Å². The minimum atomic E-state index is -0.345. The van der Waals surface area contributed by atoms with E-state index >= 15 is 0 Å². The molecule has 0 aliphatic rings. The molecule has 0 bridgehead atoms. The van der Waals surface area contributed by atoms with E-state index in [0.29, 0.717) is 5.92 Å². The van der Waals surface area contributed by atoms with Crippen molar-refractivity contribution in [2.45, 2.75) is 32.7 Å². The summed E-state index contributed by atoms with van der Waals surface area (Å²) >= 11 is 5.87. The van der Waals surface area contributed by atoms with E-state index in [9.17, 15) is 4.39 Å². The standard InChI is InChI=1S/C12H17ClFN/c1-8(6-9(2)15)7-10-4-3-5-11(14)12(10)13/h3-5,8-9H,6-7,15H2,1-2H3. The second kappa shape index (κ2) is 5.47. The van der Waals surface area contributed by atoms with Gasteiger partial charge in [-0.05, 0) is 37.3 Å². The van der Waals surface area contributed by atoms with Crippen molar-refractivity contribution in [1.82, 2.24) is 0 Å². The Morgan fingerprint density at radius 3 is 2.67 bits per heavy atom. The maximum atomic E-state index is 13.1. The van der Waals surface area contributed by atoms with Gasteiger partial charge in [-0.25, -0.2) is 4.39 Å². The molecule has 1 rings (SSSR count). The summed E-state index contributed by atoms with van der Waals surface area (Å²) < 4.78 is 13.1. The monoisotopic (exact) mass is 229 g/mol. The van der Waals surface area contributed by atoms with Gasteiger partial charge in [-0.3, -0.25) is 0 Å². The first-order chi connectivity index (χ1) is 7.00. The zero-order chi connectivity index (χ0) is 11.4. The van der Waals surface area contributed by atoms with Crippen molar-refractivity contribution in [3.63, 3.8) is 0 Å². The summed E-state index contributed by atoms with van der Waals surface area (Å²) in [5, 5.41) is 0.244. The first-order valence-corrected chi connectivity index (χ1v) is 5.57. The van der Waals surface area contributed by atoms with E-state index in [1.807, 2.05) is 13.0 Å². The Morgan fingerprint density at radius 2 is 2.07 bits per heavy atom. The smallest absolute Gasteiger partial charge is 0.142 e. The molecule has 0 amide bonds. The second-order valence-electron chi connectivity index (χ2n) is 4.24. The summed E-state index contributed by atoms with van der Waals surface area (Å²) in [6, 6.07) is 5.10. The molecule has 0 radical (unpaired) electrons. The Bertz CT molecular complexity index is 325. The van der Waals surface area contributed by atoms with Gasteiger partial charge < -0.3 is 5.73 Å². The molecule has 0 saturated carbocycles. The van der Waals surface area contributed by atoms with E-state index in [2.05, 4.69) is 6.92 Å². The van der Waals surface area contributed by atoms with E-state index in [-0.39, 0.29) is 16.9 Å². The maximum absolute atomic E-state index is 13.1. The third-order valence-corrected chi connectivity index (χ3v) is 2.80. The van der Waals surface area contributed by atoms with Gasteiger partial charge in [0.2, 0.25) is 0 Å². The number of hydrogen-bond donors (Lipinski definition) is 1. The summed E-state index contributed by atoms with van der Waals surface area (Å²) in [7, 11) is 0. The van der Waals surface area contributed by atoms with Crippen molar-refractivity contribution >= 4 is 11.6 Å². The Balaban J connectivity index is 2.68. The van der Waals surface area contributed by atoms with Gasteiger partial charge in [-0.2, -0.15) is 0 Å². The Hall–Kier alpha value is -0.600. The van der Waals surface area contributed by atoms with Gasteiger partial charge in [-0.15, -0.1) is 0 Å². The van der Waals surface area contributed by atoms with Crippen molar-refractivity contribution in [1.29, 1.82) is 0 Å². The van der Waals surface area contributed by atoms with Gasteiger partial charge in [0.15, 0.2) is 0 Å². The molecule has 84 valence electrons.